The number of hydrogen-bond acceptors (Lipinski definition) is 2. The molecule has 0 aromatic heterocycles. The number of hydrogen-bond donors (Lipinski definition) is 0. The highest BCUT2D eigenvalue weighted by Gasteiger charge is 2.43. The normalized spacial score (nSPS) is 45.4. The zero-order chi connectivity index (χ0) is 6.97. The summed E-state index contributed by atoms with van der Waals surface area (Å²) in [5.74, 6) is 4.76. The van der Waals surface area contributed by atoms with Gasteiger partial charge in [0.05, 0.1) is 0 Å². The third kappa shape index (κ3) is 1.09. The van der Waals surface area contributed by atoms with Gasteiger partial charge in [-0.1, -0.05) is 0 Å². The van der Waals surface area contributed by atoms with E-state index in [0.717, 1.165) is 18.1 Å². The van der Waals surface area contributed by atoms with E-state index in [2.05, 4.69) is 0 Å². The van der Waals surface area contributed by atoms with Gasteiger partial charge in [0, 0.05) is 5.92 Å². The molecular weight excluding hydrogens is 144 g/mol. The van der Waals surface area contributed by atoms with Crippen LogP contribution < -0.4 is 0 Å². The fourth-order valence-electron chi connectivity index (χ4n) is 1.82. The molecule has 0 spiro atoms. The molecule has 0 unspecified atom stereocenters. The first-order chi connectivity index (χ1) is 4.92. The molecule has 0 bridgehead atoms. The molecular formula is C8H12OS. The number of carbonyl (C=O) groups excluding carboxylic acids is 1. The summed E-state index contributed by atoms with van der Waals surface area (Å²) in [7, 11) is 0. The average Bonchev–Trinajstić information content (AvgIpc) is 2.56. The van der Waals surface area contributed by atoms with Gasteiger partial charge in [0.2, 0.25) is 0 Å². The van der Waals surface area contributed by atoms with E-state index in [4.69, 9.17) is 0 Å². The molecule has 0 aromatic rings. The summed E-state index contributed by atoms with van der Waals surface area (Å²) in [5.41, 5.74) is 0. The van der Waals surface area contributed by atoms with Gasteiger partial charge >= 0.3 is 0 Å². The molecule has 3 atom stereocenters. The lowest BCUT2D eigenvalue weighted by atomic mass is 10.0. The summed E-state index contributed by atoms with van der Waals surface area (Å²) in [5, 5.41) is 0. The molecule has 0 radical (unpaired) electrons. The van der Waals surface area contributed by atoms with Crippen LogP contribution in [0.1, 0.15) is 12.8 Å². The Morgan fingerprint density at radius 2 is 2.40 bits per heavy atom. The minimum Gasteiger partial charge on any atom is -0.303 e. The number of rotatable bonds is 2. The van der Waals surface area contributed by atoms with Gasteiger partial charge in [0.1, 0.15) is 6.29 Å². The highest BCUT2D eigenvalue weighted by atomic mass is 32.2. The second-order valence-electron chi connectivity index (χ2n) is 3.32. The van der Waals surface area contributed by atoms with E-state index < -0.39 is 0 Å². The quantitative estimate of drug-likeness (QED) is 0.565. The highest BCUT2D eigenvalue weighted by Crippen LogP contribution is 2.47. The standard InChI is InChI=1S/C8H12OS/c9-4-7-3-8(7)6-1-2-10-5-6/h4,6-8H,1-3,5H2/t6-,7+,8-/m1/s1. The lowest BCUT2D eigenvalue weighted by Crippen LogP contribution is -2.02. The largest absolute Gasteiger partial charge is 0.303 e. The molecule has 0 amide bonds. The Morgan fingerprint density at radius 1 is 1.50 bits per heavy atom. The molecule has 1 saturated heterocycles. The van der Waals surface area contributed by atoms with Crippen molar-refractivity contribution in [2.24, 2.45) is 17.8 Å². The predicted octanol–water partition coefficient (Wildman–Crippen LogP) is 1.57. The van der Waals surface area contributed by atoms with Crippen LogP contribution in [0, 0.1) is 17.8 Å². The average molecular weight is 156 g/mol. The van der Waals surface area contributed by atoms with Gasteiger partial charge in [0.15, 0.2) is 0 Å². The van der Waals surface area contributed by atoms with Crippen LogP contribution in [0.4, 0.5) is 0 Å². The van der Waals surface area contributed by atoms with E-state index >= 15 is 0 Å². The van der Waals surface area contributed by atoms with Crippen molar-refractivity contribution in [3.63, 3.8) is 0 Å². The van der Waals surface area contributed by atoms with E-state index in [-0.39, 0.29) is 0 Å². The molecule has 10 heavy (non-hydrogen) atoms. The van der Waals surface area contributed by atoms with Crippen LogP contribution in [0.3, 0.4) is 0 Å². The molecule has 1 saturated carbocycles. The minimum atomic E-state index is 0.448. The Kier molecular flexibility index (Phi) is 1.73. The van der Waals surface area contributed by atoms with Crippen molar-refractivity contribution < 1.29 is 4.79 Å². The second kappa shape index (κ2) is 2.57. The molecule has 2 fully saturated rings. The summed E-state index contributed by atoms with van der Waals surface area (Å²) in [6, 6.07) is 0. The van der Waals surface area contributed by atoms with Crippen molar-refractivity contribution in [2.45, 2.75) is 12.8 Å². The molecule has 0 aromatic carbocycles. The molecule has 2 rings (SSSR count). The summed E-state index contributed by atoms with van der Waals surface area (Å²) in [6.07, 6.45) is 3.70. The number of carbonyl (C=O) groups is 1. The second-order valence-corrected chi connectivity index (χ2v) is 4.47. The Balaban J connectivity index is 1.84. The van der Waals surface area contributed by atoms with E-state index in [9.17, 15) is 4.79 Å². The summed E-state index contributed by atoms with van der Waals surface area (Å²) in [4.78, 5) is 10.3. The van der Waals surface area contributed by atoms with Gasteiger partial charge in [-0.25, -0.2) is 0 Å². The third-order valence-electron chi connectivity index (χ3n) is 2.64. The Labute approximate surface area is 65.6 Å². The Bertz CT molecular complexity index is 140. The molecule has 2 aliphatic rings. The van der Waals surface area contributed by atoms with Gasteiger partial charge in [-0.2, -0.15) is 11.8 Å². The van der Waals surface area contributed by atoms with E-state index in [1.54, 1.807) is 0 Å². The van der Waals surface area contributed by atoms with E-state index in [1.807, 2.05) is 11.8 Å². The fraction of sp³-hybridized carbons (Fsp3) is 0.875. The number of aldehydes is 1. The van der Waals surface area contributed by atoms with Crippen molar-refractivity contribution in [3.8, 4) is 0 Å². The fourth-order valence-corrected chi connectivity index (χ4v) is 3.18. The maximum Gasteiger partial charge on any atom is 0.123 e. The van der Waals surface area contributed by atoms with Crippen LogP contribution in [-0.2, 0) is 4.79 Å². The van der Waals surface area contributed by atoms with E-state index in [1.165, 1.54) is 24.3 Å². The van der Waals surface area contributed by atoms with Crippen LogP contribution in [-0.4, -0.2) is 17.8 Å². The van der Waals surface area contributed by atoms with Crippen molar-refractivity contribution in [1.29, 1.82) is 0 Å². The maximum absolute atomic E-state index is 10.3. The summed E-state index contributed by atoms with van der Waals surface area (Å²) >= 11 is 2.05. The minimum absolute atomic E-state index is 0.448. The van der Waals surface area contributed by atoms with Crippen LogP contribution in [0.2, 0.25) is 0 Å². The molecule has 0 N–H and O–H groups in total. The topological polar surface area (TPSA) is 17.1 Å². The zero-order valence-electron chi connectivity index (χ0n) is 5.95. The monoisotopic (exact) mass is 156 g/mol. The first-order valence-corrected chi connectivity index (χ1v) is 5.10. The van der Waals surface area contributed by atoms with Crippen LogP contribution in [0.25, 0.3) is 0 Å². The van der Waals surface area contributed by atoms with Crippen molar-refractivity contribution in [3.05, 3.63) is 0 Å². The summed E-state index contributed by atoms with van der Waals surface area (Å²) < 4.78 is 0. The molecule has 1 aliphatic heterocycles. The van der Waals surface area contributed by atoms with E-state index in [0.29, 0.717) is 5.92 Å². The van der Waals surface area contributed by atoms with Gasteiger partial charge in [-0.15, -0.1) is 0 Å². The van der Waals surface area contributed by atoms with Gasteiger partial charge < -0.3 is 4.79 Å². The zero-order valence-corrected chi connectivity index (χ0v) is 6.77. The lowest BCUT2D eigenvalue weighted by Gasteiger charge is -2.03. The summed E-state index contributed by atoms with van der Waals surface area (Å²) in [6.45, 7) is 0. The maximum atomic E-state index is 10.3. The van der Waals surface area contributed by atoms with Gasteiger partial charge in [-0.05, 0) is 36.2 Å². The van der Waals surface area contributed by atoms with Crippen LogP contribution >= 0.6 is 11.8 Å². The lowest BCUT2D eigenvalue weighted by molar-refractivity contribution is -0.109. The SMILES string of the molecule is O=C[C@@H]1C[C@@H]1[C@@H]1CCSC1. The van der Waals surface area contributed by atoms with Gasteiger partial charge in [-0.3, -0.25) is 0 Å². The van der Waals surface area contributed by atoms with Gasteiger partial charge in [0.25, 0.3) is 0 Å². The predicted molar refractivity (Wildman–Crippen MR) is 43.1 cm³/mol. The Morgan fingerprint density at radius 3 is 2.90 bits per heavy atom. The molecule has 1 heterocycles. The van der Waals surface area contributed by atoms with Crippen molar-refractivity contribution >= 4 is 18.0 Å². The van der Waals surface area contributed by atoms with Crippen molar-refractivity contribution in [2.75, 3.05) is 11.5 Å². The molecule has 56 valence electrons. The highest BCUT2D eigenvalue weighted by molar-refractivity contribution is 7.99. The molecule has 2 heteroatoms. The smallest absolute Gasteiger partial charge is 0.123 e. The third-order valence-corrected chi connectivity index (χ3v) is 3.82. The number of thioether (sulfide) groups is 1. The molecule has 1 nitrogen and oxygen atoms in total. The molecule has 1 aliphatic carbocycles. The first kappa shape index (κ1) is 6.71. The van der Waals surface area contributed by atoms with Crippen LogP contribution in [0.5, 0.6) is 0 Å². The Hall–Kier alpha value is 0.0200. The first-order valence-electron chi connectivity index (χ1n) is 3.95. The van der Waals surface area contributed by atoms with Crippen molar-refractivity contribution in [1.82, 2.24) is 0 Å². The van der Waals surface area contributed by atoms with Crippen LogP contribution in [0.15, 0.2) is 0 Å².